The normalized spacial score (nSPS) is 12.9. The maximum atomic E-state index is 12.4. The molecule has 0 spiro atoms. The third kappa shape index (κ3) is 3.84. The summed E-state index contributed by atoms with van der Waals surface area (Å²) < 4.78 is 11.2. The molecule has 1 aliphatic rings. The molecule has 0 saturated heterocycles. The summed E-state index contributed by atoms with van der Waals surface area (Å²) in [6.45, 7) is 2.63. The van der Waals surface area contributed by atoms with Gasteiger partial charge in [-0.05, 0) is 42.5 Å². The van der Waals surface area contributed by atoms with Gasteiger partial charge in [0.25, 0.3) is 5.91 Å². The largest absolute Gasteiger partial charge is 0.490 e. The lowest BCUT2D eigenvalue weighted by Crippen LogP contribution is -2.12. The van der Waals surface area contributed by atoms with Crippen molar-refractivity contribution in [2.45, 2.75) is 13.3 Å². The first kappa shape index (κ1) is 15.9. The Hall–Kier alpha value is -3.02. The highest BCUT2D eigenvalue weighted by Gasteiger charge is 2.14. The smallest absolute Gasteiger partial charge is 0.255 e. The lowest BCUT2D eigenvalue weighted by Gasteiger charge is -2.10. The molecule has 2 N–H and O–H groups in total. The van der Waals surface area contributed by atoms with Crippen LogP contribution in [0.3, 0.4) is 0 Å². The SMILES string of the molecule is CC(=O)Nc1ccc(NC(=O)c2ccc3c(c2)OCCCO3)cc1. The topological polar surface area (TPSA) is 76.7 Å². The van der Waals surface area contributed by atoms with E-state index in [2.05, 4.69) is 10.6 Å². The molecule has 1 heterocycles. The van der Waals surface area contributed by atoms with Crippen molar-refractivity contribution >= 4 is 23.2 Å². The summed E-state index contributed by atoms with van der Waals surface area (Å²) in [4.78, 5) is 23.4. The van der Waals surface area contributed by atoms with Crippen molar-refractivity contribution in [1.82, 2.24) is 0 Å². The Labute approximate surface area is 139 Å². The van der Waals surface area contributed by atoms with Crippen molar-refractivity contribution in [3.8, 4) is 11.5 Å². The Kier molecular flexibility index (Phi) is 4.65. The number of hydrogen-bond acceptors (Lipinski definition) is 4. The number of nitrogens with one attached hydrogen (secondary N) is 2. The molecule has 0 saturated carbocycles. The predicted molar refractivity (Wildman–Crippen MR) is 90.7 cm³/mol. The van der Waals surface area contributed by atoms with Gasteiger partial charge in [0, 0.05) is 30.3 Å². The van der Waals surface area contributed by atoms with Gasteiger partial charge in [-0.2, -0.15) is 0 Å². The fraction of sp³-hybridized carbons (Fsp3) is 0.222. The number of amides is 2. The van der Waals surface area contributed by atoms with Gasteiger partial charge in [-0.25, -0.2) is 0 Å². The van der Waals surface area contributed by atoms with E-state index in [4.69, 9.17) is 9.47 Å². The van der Waals surface area contributed by atoms with Gasteiger partial charge >= 0.3 is 0 Å². The first-order valence-corrected chi connectivity index (χ1v) is 7.70. The molecule has 0 bridgehead atoms. The molecular weight excluding hydrogens is 308 g/mol. The van der Waals surface area contributed by atoms with Crippen LogP contribution < -0.4 is 20.1 Å². The van der Waals surface area contributed by atoms with Crippen LogP contribution in [0.1, 0.15) is 23.7 Å². The second-order valence-electron chi connectivity index (χ2n) is 5.42. The minimum absolute atomic E-state index is 0.140. The van der Waals surface area contributed by atoms with Crippen molar-refractivity contribution < 1.29 is 19.1 Å². The van der Waals surface area contributed by atoms with E-state index in [0.29, 0.717) is 41.7 Å². The van der Waals surface area contributed by atoms with Gasteiger partial charge in [0.1, 0.15) is 0 Å². The highest BCUT2D eigenvalue weighted by atomic mass is 16.5. The van der Waals surface area contributed by atoms with Gasteiger partial charge in [-0.1, -0.05) is 0 Å². The van der Waals surface area contributed by atoms with Crippen LogP contribution in [0.5, 0.6) is 11.5 Å². The van der Waals surface area contributed by atoms with Crippen LogP contribution in [0.4, 0.5) is 11.4 Å². The van der Waals surface area contributed by atoms with Crippen LogP contribution in [-0.4, -0.2) is 25.0 Å². The highest BCUT2D eigenvalue weighted by molar-refractivity contribution is 6.04. The van der Waals surface area contributed by atoms with E-state index in [1.54, 1.807) is 42.5 Å². The summed E-state index contributed by atoms with van der Waals surface area (Å²) in [5, 5.41) is 5.49. The molecule has 2 aromatic carbocycles. The van der Waals surface area contributed by atoms with E-state index < -0.39 is 0 Å². The van der Waals surface area contributed by atoms with Gasteiger partial charge in [0.05, 0.1) is 13.2 Å². The third-order valence-electron chi connectivity index (χ3n) is 3.47. The van der Waals surface area contributed by atoms with E-state index in [1.165, 1.54) is 6.92 Å². The van der Waals surface area contributed by atoms with Gasteiger partial charge in [-0.3, -0.25) is 9.59 Å². The molecule has 0 aliphatic carbocycles. The first-order valence-electron chi connectivity index (χ1n) is 7.70. The van der Waals surface area contributed by atoms with E-state index in [0.717, 1.165) is 6.42 Å². The molecule has 124 valence electrons. The Bertz CT molecular complexity index is 756. The number of ether oxygens (including phenoxy) is 2. The number of carbonyl (C=O) groups is 2. The summed E-state index contributed by atoms with van der Waals surface area (Å²) in [6.07, 6.45) is 0.816. The van der Waals surface area contributed by atoms with Gasteiger partial charge in [0.2, 0.25) is 5.91 Å². The van der Waals surface area contributed by atoms with Gasteiger partial charge in [0.15, 0.2) is 11.5 Å². The summed E-state index contributed by atoms with van der Waals surface area (Å²) >= 11 is 0. The van der Waals surface area contributed by atoms with Crippen LogP contribution >= 0.6 is 0 Å². The van der Waals surface area contributed by atoms with Gasteiger partial charge in [-0.15, -0.1) is 0 Å². The number of carbonyl (C=O) groups excluding carboxylic acids is 2. The maximum absolute atomic E-state index is 12.4. The predicted octanol–water partition coefficient (Wildman–Crippen LogP) is 3.06. The van der Waals surface area contributed by atoms with Crippen LogP contribution in [0, 0.1) is 0 Å². The zero-order chi connectivity index (χ0) is 16.9. The van der Waals surface area contributed by atoms with E-state index in [-0.39, 0.29) is 11.8 Å². The van der Waals surface area contributed by atoms with E-state index in [9.17, 15) is 9.59 Å². The molecule has 1 aliphatic heterocycles. The monoisotopic (exact) mass is 326 g/mol. The second-order valence-corrected chi connectivity index (χ2v) is 5.42. The third-order valence-corrected chi connectivity index (χ3v) is 3.47. The van der Waals surface area contributed by atoms with Crippen LogP contribution in [-0.2, 0) is 4.79 Å². The highest BCUT2D eigenvalue weighted by Crippen LogP contribution is 2.30. The van der Waals surface area contributed by atoms with Crippen molar-refractivity contribution in [2.75, 3.05) is 23.8 Å². The standard InChI is InChI=1S/C18H18N2O4/c1-12(21)19-14-4-6-15(7-5-14)20-18(22)13-3-8-16-17(11-13)24-10-2-9-23-16/h3-8,11H,2,9-10H2,1H3,(H,19,21)(H,20,22). The molecule has 24 heavy (non-hydrogen) atoms. The summed E-state index contributed by atoms with van der Waals surface area (Å²) in [7, 11) is 0. The van der Waals surface area contributed by atoms with Crippen LogP contribution in [0.2, 0.25) is 0 Å². The Balaban J connectivity index is 1.70. The van der Waals surface area contributed by atoms with Crippen LogP contribution in [0.15, 0.2) is 42.5 Å². The first-order chi connectivity index (χ1) is 11.6. The minimum Gasteiger partial charge on any atom is -0.490 e. The summed E-state index contributed by atoms with van der Waals surface area (Å²) in [5.41, 5.74) is 1.81. The maximum Gasteiger partial charge on any atom is 0.255 e. The number of benzene rings is 2. The fourth-order valence-electron chi connectivity index (χ4n) is 2.35. The molecule has 0 radical (unpaired) electrons. The van der Waals surface area contributed by atoms with E-state index >= 15 is 0 Å². The summed E-state index contributed by atoms with van der Waals surface area (Å²) in [6, 6.07) is 12.0. The zero-order valence-electron chi connectivity index (χ0n) is 13.3. The Morgan fingerprint density at radius 2 is 1.50 bits per heavy atom. The summed E-state index contributed by atoms with van der Waals surface area (Å²) in [5.74, 6) is 0.863. The second kappa shape index (κ2) is 7.04. The molecule has 2 amide bonds. The zero-order valence-corrected chi connectivity index (χ0v) is 13.3. The molecule has 0 aromatic heterocycles. The molecule has 0 atom stereocenters. The molecule has 0 unspecified atom stereocenters. The van der Waals surface area contributed by atoms with Crippen molar-refractivity contribution in [3.05, 3.63) is 48.0 Å². The van der Waals surface area contributed by atoms with Crippen molar-refractivity contribution in [3.63, 3.8) is 0 Å². The van der Waals surface area contributed by atoms with Crippen LogP contribution in [0.25, 0.3) is 0 Å². The average Bonchev–Trinajstić information content (AvgIpc) is 2.80. The van der Waals surface area contributed by atoms with Crippen molar-refractivity contribution in [2.24, 2.45) is 0 Å². The van der Waals surface area contributed by atoms with E-state index in [1.807, 2.05) is 0 Å². The quantitative estimate of drug-likeness (QED) is 0.909. The average molecular weight is 326 g/mol. The number of rotatable bonds is 3. The molecule has 2 aromatic rings. The number of hydrogen-bond donors (Lipinski definition) is 2. The number of anilines is 2. The van der Waals surface area contributed by atoms with Crippen molar-refractivity contribution in [1.29, 1.82) is 0 Å². The molecule has 6 nitrogen and oxygen atoms in total. The molecule has 0 fully saturated rings. The Morgan fingerprint density at radius 1 is 0.875 bits per heavy atom. The fourth-order valence-corrected chi connectivity index (χ4v) is 2.35. The minimum atomic E-state index is -0.238. The Morgan fingerprint density at radius 3 is 2.17 bits per heavy atom. The lowest BCUT2D eigenvalue weighted by atomic mass is 10.1. The number of fused-ring (bicyclic) bond motifs is 1. The molecule has 3 rings (SSSR count). The lowest BCUT2D eigenvalue weighted by molar-refractivity contribution is -0.114. The molecule has 6 heteroatoms. The van der Waals surface area contributed by atoms with Gasteiger partial charge < -0.3 is 20.1 Å². The molecular formula is C18H18N2O4.